The van der Waals surface area contributed by atoms with Gasteiger partial charge in [0.05, 0.1) is 12.5 Å². The summed E-state index contributed by atoms with van der Waals surface area (Å²) in [5.74, 6) is 3.91. The summed E-state index contributed by atoms with van der Waals surface area (Å²) in [5.41, 5.74) is 2.97. The van der Waals surface area contributed by atoms with E-state index >= 15 is 0 Å². The molecule has 1 aromatic rings. The Balaban J connectivity index is 1.42. The van der Waals surface area contributed by atoms with E-state index in [1.54, 1.807) is 0 Å². The van der Waals surface area contributed by atoms with Gasteiger partial charge in [0, 0.05) is 5.69 Å². The summed E-state index contributed by atoms with van der Waals surface area (Å²) in [7, 11) is 0. The van der Waals surface area contributed by atoms with Crippen molar-refractivity contribution in [3.63, 3.8) is 0 Å². The molecule has 1 amide bonds. The van der Waals surface area contributed by atoms with Crippen molar-refractivity contribution < 1.29 is 9.90 Å². The van der Waals surface area contributed by atoms with E-state index < -0.39 is 0 Å². The van der Waals surface area contributed by atoms with Gasteiger partial charge in [-0.1, -0.05) is 12.1 Å². The van der Waals surface area contributed by atoms with Crippen LogP contribution in [0.4, 0.5) is 5.69 Å². The fraction of sp³-hybridized carbons (Fsp3) is 0.588. The van der Waals surface area contributed by atoms with Crippen LogP contribution in [0.5, 0.6) is 0 Å². The molecule has 4 aliphatic rings. The summed E-state index contributed by atoms with van der Waals surface area (Å²) in [6.45, 7) is 0. The van der Waals surface area contributed by atoms with Crippen molar-refractivity contribution in [3.8, 4) is 0 Å². The smallest absolute Gasteiger partial charge is 0.228 e. The molecule has 0 saturated heterocycles. The maximum absolute atomic E-state index is 11.4. The van der Waals surface area contributed by atoms with Gasteiger partial charge in [-0.15, -0.1) is 0 Å². The molecule has 3 saturated carbocycles. The first-order valence-electron chi connectivity index (χ1n) is 7.83. The summed E-state index contributed by atoms with van der Waals surface area (Å²) in [5, 5.41) is 13.6. The number of anilines is 1. The van der Waals surface area contributed by atoms with Gasteiger partial charge in [-0.25, -0.2) is 0 Å². The number of hydrogen-bond acceptors (Lipinski definition) is 2. The number of rotatable bonds is 2. The second-order valence-corrected chi connectivity index (χ2v) is 7.15. The zero-order valence-corrected chi connectivity index (χ0v) is 11.4. The molecule has 20 heavy (non-hydrogen) atoms. The molecule has 5 rings (SSSR count). The lowest BCUT2D eigenvalue weighted by Gasteiger charge is -2.16. The molecule has 1 heterocycles. The fourth-order valence-corrected chi connectivity index (χ4v) is 5.47. The Morgan fingerprint density at radius 3 is 2.70 bits per heavy atom. The molecule has 3 heteroatoms. The first-order valence-corrected chi connectivity index (χ1v) is 7.83. The summed E-state index contributed by atoms with van der Waals surface area (Å²) >= 11 is 0. The molecule has 0 radical (unpaired) electrons. The van der Waals surface area contributed by atoms with Crippen molar-refractivity contribution in [2.75, 3.05) is 5.32 Å². The molecule has 0 spiro atoms. The van der Waals surface area contributed by atoms with Crippen LogP contribution in [0.3, 0.4) is 0 Å². The predicted octanol–water partition coefficient (Wildman–Crippen LogP) is 2.51. The zero-order chi connectivity index (χ0) is 13.4. The molecule has 2 N–H and O–H groups in total. The Kier molecular flexibility index (Phi) is 2.06. The van der Waals surface area contributed by atoms with E-state index in [0.29, 0.717) is 12.3 Å². The number of nitrogens with one attached hydrogen (secondary N) is 1. The van der Waals surface area contributed by atoms with Crippen LogP contribution in [-0.2, 0) is 11.2 Å². The number of fused-ring (bicyclic) bond motifs is 6. The van der Waals surface area contributed by atoms with Crippen LogP contribution >= 0.6 is 0 Å². The van der Waals surface area contributed by atoms with Crippen LogP contribution in [-0.4, -0.2) is 11.0 Å². The Bertz CT molecular complexity index is 595. The zero-order valence-electron chi connectivity index (χ0n) is 11.4. The van der Waals surface area contributed by atoms with E-state index in [1.165, 1.54) is 19.3 Å². The van der Waals surface area contributed by atoms with Crippen LogP contribution in [0.1, 0.15) is 36.5 Å². The first kappa shape index (κ1) is 11.3. The highest BCUT2D eigenvalue weighted by molar-refractivity contribution is 5.99. The number of benzene rings is 1. The summed E-state index contributed by atoms with van der Waals surface area (Å²) in [6.07, 6.45) is 4.32. The number of amides is 1. The normalized spacial score (nSPS) is 41.2. The van der Waals surface area contributed by atoms with Gasteiger partial charge in [0.25, 0.3) is 0 Å². The number of carbonyl (C=O) groups is 1. The minimum Gasteiger partial charge on any atom is -0.388 e. The third kappa shape index (κ3) is 1.37. The molecule has 5 atom stereocenters. The average molecular weight is 269 g/mol. The maximum Gasteiger partial charge on any atom is 0.228 e. The van der Waals surface area contributed by atoms with Gasteiger partial charge in [0.15, 0.2) is 0 Å². The highest BCUT2D eigenvalue weighted by atomic mass is 16.3. The number of aliphatic hydroxyl groups excluding tert-OH is 1. The second-order valence-electron chi connectivity index (χ2n) is 7.15. The summed E-state index contributed by atoms with van der Waals surface area (Å²) < 4.78 is 0. The minimum atomic E-state index is -0.325. The first-order chi connectivity index (χ1) is 9.72. The largest absolute Gasteiger partial charge is 0.388 e. The number of hydrogen-bond donors (Lipinski definition) is 2. The quantitative estimate of drug-likeness (QED) is 0.866. The monoisotopic (exact) mass is 269 g/mol. The SMILES string of the molecule is O=C1Cc2cc(C(O)C3C4C5CCC(C5)C43)ccc2N1. The molecular weight excluding hydrogens is 250 g/mol. The van der Waals surface area contributed by atoms with Crippen molar-refractivity contribution in [2.45, 2.75) is 31.8 Å². The van der Waals surface area contributed by atoms with Crippen molar-refractivity contribution >= 4 is 11.6 Å². The Morgan fingerprint density at radius 1 is 1.20 bits per heavy atom. The lowest BCUT2D eigenvalue weighted by molar-refractivity contribution is -0.115. The Hall–Kier alpha value is -1.35. The topological polar surface area (TPSA) is 49.3 Å². The standard InChI is InChI=1S/C17H19NO2/c19-13-7-11-6-10(3-4-12(11)18-13)17(20)16-14-8-1-2-9(5-8)15(14)16/h3-4,6,8-9,14-17,20H,1-2,5,7H2,(H,18,19). The summed E-state index contributed by atoms with van der Waals surface area (Å²) in [4.78, 5) is 11.4. The van der Waals surface area contributed by atoms with E-state index in [-0.39, 0.29) is 12.0 Å². The maximum atomic E-state index is 11.4. The third-order valence-electron chi connectivity index (χ3n) is 6.26. The number of carbonyl (C=O) groups excluding carboxylic acids is 1. The lowest BCUT2D eigenvalue weighted by atomic mass is 9.94. The van der Waals surface area contributed by atoms with E-state index in [2.05, 4.69) is 5.32 Å². The molecule has 5 unspecified atom stereocenters. The van der Waals surface area contributed by atoms with Crippen molar-refractivity contribution in [1.29, 1.82) is 0 Å². The second kappa shape index (κ2) is 3.64. The van der Waals surface area contributed by atoms with E-state index in [0.717, 1.165) is 40.5 Å². The average Bonchev–Trinajstić information content (AvgIpc) is 2.76. The lowest BCUT2D eigenvalue weighted by Crippen LogP contribution is -2.08. The molecule has 1 aromatic carbocycles. The van der Waals surface area contributed by atoms with Gasteiger partial charge >= 0.3 is 0 Å². The molecule has 1 aliphatic heterocycles. The van der Waals surface area contributed by atoms with Gasteiger partial charge < -0.3 is 10.4 Å². The van der Waals surface area contributed by atoms with Gasteiger partial charge in [-0.05, 0) is 66.0 Å². The van der Waals surface area contributed by atoms with Crippen LogP contribution in [0, 0.1) is 29.6 Å². The molecule has 3 fully saturated rings. The van der Waals surface area contributed by atoms with Gasteiger partial charge in [0.2, 0.25) is 5.91 Å². The highest BCUT2D eigenvalue weighted by Crippen LogP contribution is 2.72. The van der Waals surface area contributed by atoms with Crippen molar-refractivity contribution in [2.24, 2.45) is 29.6 Å². The van der Waals surface area contributed by atoms with Crippen molar-refractivity contribution in [3.05, 3.63) is 29.3 Å². The van der Waals surface area contributed by atoms with Gasteiger partial charge in [-0.3, -0.25) is 4.79 Å². The number of aliphatic hydroxyl groups is 1. The molecule has 3 aliphatic carbocycles. The van der Waals surface area contributed by atoms with Crippen LogP contribution in [0.25, 0.3) is 0 Å². The van der Waals surface area contributed by atoms with E-state index in [4.69, 9.17) is 0 Å². The van der Waals surface area contributed by atoms with Gasteiger partial charge in [0.1, 0.15) is 0 Å². The summed E-state index contributed by atoms with van der Waals surface area (Å²) in [6, 6.07) is 5.98. The molecular formula is C17H19NO2. The molecule has 2 bridgehead atoms. The van der Waals surface area contributed by atoms with Crippen molar-refractivity contribution in [1.82, 2.24) is 0 Å². The third-order valence-corrected chi connectivity index (χ3v) is 6.26. The molecule has 3 nitrogen and oxygen atoms in total. The fourth-order valence-electron chi connectivity index (χ4n) is 5.47. The molecule has 0 aromatic heterocycles. The Labute approximate surface area is 118 Å². The van der Waals surface area contributed by atoms with Gasteiger partial charge in [-0.2, -0.15) is 0 Å². The highest BCUT2D eigenvalue weighted by Gasteiger charge is 2.66. The van der Waals surface area contributed by atoms with E-state index in [9.17, 15) is 9.90 Å². The van der Waals surface area contributed by atoms with E-state index in [1.807, 2.05) is 18.2 Å². The van der Waals surface area contributed by atoms with Crippen LogP contribution in [0.15, 0.2) is 18.2 Å². The predicted molar refractivity (Wildman–Crippen MR) is 75.0 cm³/mol. The Morgan fingerprint density at radius 2 is 1.95 bits per heavy atom. The van der Waals surface area contributed by atoms with Crippen LogP contribution in [0.2, 0.25) is 0 Å². The minimum absolute atomic E-state index is 0.0629. The van der Waals surface area contributed by atoms with Crippen LogP contribution < -0.4 is 5.32 Å². The molecule has 104 valence electrons.